The molecule has 1 amide bonds. The first kappa shape index (κ1) is 22.0. The molecule has 0 radical (unpaired) electrons. The minimum atomic E-state index is -4.35. The molecule has 28 heavy (non-hydrogen) atoms. The van der Waals surface area contributed by atoms with Gasteiger partial charge in [-0.05, 0) is 24.1 Å². The van der Waals surface area contributed by atoms with Crippen LogP contribution in [-0.4, -0.2) is 69.1 Å². The molecule has 0 bridgehead atoms. The lowest BCUT2D eigenvalue weighted by atomic mass is 10.1. The summed E-state index contributed by atoms with van der Waals surface area (Å²) in [6.07, 6.45) is -3.39. The van der Waals surface area contributed by atoms with Crippen LogP contribution in [0.2, 0.25) is 0 Å². The first-order valence-corrected chi connectivity index (χ1v) is 9.10. The number of alkyl halides is 3. The van der Waals surface area contributed by atoms with Crippen LogP contribution in [0.3, 0.4) is 0 Å². The predicted octanol–water partition coefficient (Wildman–Crippen LogP) is 2.21. The van der Waals surface area contributed by atoms with Crippen LogP contribution in [0.1, 0.15) is 17.5 Å². The number of benzene rings is 1. The lowest BCUT2D eigenvalue weighted by Gasteiger charge is -2.24. The number of halogens is 3. The van der Waals surface area contributed by atoms with Crippen molar-refractivity contribution in [1.82, 2.24) is 15.1 Å². The van der Waals surface area contributed by atoms with Gasteiger partial charge in [0.25, 0.3) is 0 Å². The van der Waals surface area contributed by atoms with E-state index in [1.165, 1.54) is 17.0 Å². The highest BCUT2D eigenvalue weighted by Crippen LogP contribution is 2.29. The van der Waals surface area contributed by atoms with Crippen LogP contribution in [0.15, 0.2) is 29.3 Å². The van der Waals surface area contributed by atoms with Gasteiger partial charge in [0.05, 0.1) is 12.2 Å². The maximum atomic E-state index is 12.7. The maximum Gasteiger partial charge on any atom is 0.416 e. The van der Waals surface area contributed by atoms with Crippen molar-refractivity contribution in [1.29, 1.82) is 0 Å². The number of hydrogen-bond donors (Lipinski definition) is 1. The Balaban J connectivity index is 2.04. The monoisotopic (exact) mass is 400 g/mol. The fraction of sp³-hybridized carbons (Fsp3) is 0.579. The molecule has 9 heteroatoms. The van der Waals surface area contributed by atoms with E-state index in [0.717, 1.165) is 25.2 Å². The zero-order valence-electron chi connectivity index (χ0n) is 16.4. The summed E-state index contributed by atoms with van der Waals surface area (Å²) < 4.78 is 43.5. The Morgan fingerprint density at radius 1 is 1.25 bits per heavy atom. The Morgan fingerprint density at radius 3 is 2.46 bits per heavy atom. The molecule has 1 aromatic carbocycles. The summed E-state index contributed by atoms with van der Waals surface area (Å²) in [6, 6.07) is 5.04. The number of rotatable bonds is 6. The number of hydrogen-bond acceptors (Lipinski definition) is 3. The van der Waals surface area contributed by atoms with Gasteiger partial charge in [-0.1, -0.05) is 12.1 Å². The van der Waals surface area contributed by atoms with Gasteiger partial charge in [0.1, 0.15) is 6.54 Å². The number of ether oxygens (including phenoxy) is 1. The second-order valence-electron chi connectivity index (χ2n) is 7.09. The van der Waals surface area contributed by atoms with Crippen LogP contribution in [0, 0.1) is 5.92 Å². The lowest BCUT2D eigenvalue weighted by molar-refractivity contribution is -0.137. The SMILES string of the molecule is CN(C)C(=O)CN=C(NCC1CCOC1)N(C)Cc1ccc(C(F)(F)F)cc1. The van der Waals surface area contributed by atoms with Crippen molar-refractivity contribution in [3.05, 3.63) is 35.4 Å². The van der Waals surface area contributed by atoms with Gasteiger partial charge in [0.15, 0.2) is 5.96 Å². The minimum Gasteiger partial charge on any atom is -0.381 e. The van der Waals surface area contributed by atoms with Crippen LogP contribution in [0.4, 0.5) is 13.2 Å². The van der Waals surface area contributed by atoms with Gasteiger partial charge in [-0.25, -0.2) is 4.99 Å². The first-order valence-electron chi connectivity index (χ1n) is 9.10. The van der Waals surface area contributed by atoms with Gasteiger partial charge in [-0.15, -0.1) is 0 Å². The van der Waals surface area contributed by atoms with E-state index in [1.54, 1.807) is 26.0 Å². The largest absolute Gasteiger partial charge is 0.416 e. The molecular weight excluding hydrogens is 373 g/mol. The van der Waals surface area contributed by atoms with Crippen molar-refractivity contribution in [2.75, 3.05) is 47.4 Å². The van der Waals surface area contributed by atoms with Crippen molar-refractivity contribution in [2.45, 2.75) is 19.1 Å². The average molecular weight is 400 g/mol. The molecule has 0 aliphatic carbocycles. The van der Waals surface area contributed by atoms with Gasteiger partial charge < -0.3 is 19.9 Å². The molecular formula is C19H27F3N4O2. The van der Waals surface area contributed by atoms with Crippen LogP contribution in [0.25, 0.3) is 0 Å². The van der Waals surface area contributed by atoms with Gasteiger partial charge >= 0.3 is 6.18 Å². The first-order chi connectivity index (χ1) is 13.2. The third kappa shape index (κ3) is 6.70. The highest BCUT2D eigenvalue weighted by Gasteiger charge is 2.30. The summed E-state index contributed by atoms with van der Waals surface area (Å²) in [5.74, 6) is 0.766. The quantitative estimate of drug-likeness (QED) is 0.588. The van der Waals surface area contributed by atoms with E-state index in [9.17, 15) is 18.0 Å². The molecule has 1 aromatic rings. The summed E-state index contributed by atoms with van der Waals surface area (Å²) in [5, 5.41) is 3.26. The highest BCUT2D eigenvalue weighted by molar-refractivity contribution is 5.84. The van der Waals surface area contributed by atoms with Gasteiger partial charge in [-0.3, -0.25) is 4.79 Å². The number of likely N-dealkylation sites (N-methyl/N-ethyl adjacent to an activating group) is 1. The molecule has 1 atom stereocenters. The molecule has 156 valence electrons. The molecule has 1 unspecified atom stereocenters. The van der Waals surface area contributed by atoms with Crippen LogP contribution < -0.4 is 5.32 Å². The third-order valence-electron chi connectivity index (χ3n) is 4.50. The minimum absolute atomic E-state index is 0.00610. The molecule has 1 aliphatic heterocycles. The van der Waals surface area contributed by atoms with E-state index in [0.29, 0.717) is 37.1 Å². The molecule has 1 fully saturated rings. The van der Waals surface area contributed by atoms with Gasteiger partial charge in [0.2, 0.25) is 5.91 Å². The number of carbonyl (C=O) groups excluding carboxylic acids is 1. The van der Waals surface area contributed by atoms with E-state index < -0.39 is 11.7 Å². The van der Waals surface area contributed by atoms with Crippen LogP contribution in [0.5, 0.6) is 0 Å². The lowest BCUT2D eigenvalue weighted by Crippen LogP contribution is -2.41. The molecule has 1 N–H and O–H groups in total. The number of aliphatic imine (C=N–C) groups is 1. The summed E-state index contributed by atoms with van der Waals surface area (Å²) in [6.45, 7) is 2.43. The zero-order valence-corrected chi connectivity index (χ0v) is 16.4. The Labute approximate surface area is 163 Å². The van der Waals surface area contributed by atoms with E-state index >= 15 is 0 Å². The molecule has 2 rings (SSSR count). The number of nitrogens with one attached hydrogen (secondary N) is 1. The topological polar surface area (TPSA) is 57.2 Å². The van der Waals surface area contributed by atoms with Crippen molar-refractivity contribution in [2.24, 2.45) is 10.9 Å². The summed E-state index contributed by atoms with van der Waals surface area (Å²) in [5.41, 5.74) is 0.0388. The average Bonchev–Trinajstić information content (AvgIpc) is 3.14. The van der Waals surface area contributed by atoms with Crippen LogP contribution in [-0.2, 0) is 22.3 Å². The second kappa shape index (κ2) is 9.77. The van der Waals surface area contributed by atoms with Gasteiger partial charge in [-0.2, -0.15) is 13.2 Å². The molecule has 6 nitrogen and oxygen atoms in total. The number of amides is 1. The Kier molecular flexibility index (Phi) is 7.68. The molecule has 0 spiro atoms. The normalized spacial score (nSPS) is 17.5. The van der Waals surface area contributed by atoms with E-state index in [2.05, 4.69) is 10.3 Å². The van der Waals surface area contributed by atoms with Gasteiger partial charge in [0, 0.05) is 46.8 Å². The van der Waals surface area contributed by atoms with Crippen molar-refractivity contribution < 1.29 is 22.7 Å². The van der Waals surface area contributed by atoms with Crippen molar-refractivity contribution in [3.63, 3.8) is 0 Å². The Bertz CT molecular complexity index is 669. The van der Waals surface area contributed by atoms with Crippen LogP contribution >= 0.6 is 0 Å². The van der Waals surface area contributed by atoms with Crippen molar-refractivity contribution in [3.8, 4) is 0 Å². The predicted molar refractivity (Wildman–Crippen MR) is 101 cm³/mol. The summed E-state index contributed by atoms with van der Waals surface area (Å²) >= 11 is 0. The fourth-order valence-corrected chi connectivity index (χ4v) is 2.72. The molecule has 0 saturated carbocycles. The van der Waals surface area contributed by atoms with E-state index in [1.807, 2.05) is 0 Å². The highest BCUT2D eigenvalue weighted by atomic mass is 19.4. The summed E-state index contributed by atoms with van der Waals surface area (Å²) in [4.78, 5) is 19.5. The van der Waals surface area contributed by atoms with E-state index in [-0.39, 0.29) is 12.5 Å². The molecule has 1 saturated heterocycles. The number of guanidine groups is 1. The fourth-order valence-electron chi connectivity index (χ4n) is 2.72. The van der Waals surface area contributed by atoms with E-state index in [4.69, 9.17) is 4.74 Å². The Hall–Kier alpha value is -2.29. The molecule has 1 heterocycles. The third-order valence-corrected chi connectivity index (χ3v) is 4.50. The smallest absolute Gasteiger partial charge is 0.381 e. The number of nitrogens with zero attached hydrogens (tertiary/aromatic N) is 3. The molecule has 0 aromatic heterocycles. The van der Waals surface area contributed by atoms with Crippen molar-refractivity contribution >= 4 is 11.9 Å². The standard InChI is InChI=1S/C19H27F3N4O2/c1-25(2)17(27)11-24-18(23-10-15-8-9-28-13-15)26(3)12-14-4-6-16(7-5-14)19(20,21)22/h4-7,15H,8-13H2,1-3H3,(H,23,24). The molecule has 1 aliphatic rings. The second-order valence-corrected chi connectivity index (χ2v) is 7.09. The summed E-state index contributed by atoms with van der Waals surface area (Å²) in [7, 11) is 5.11. The maximum absolute atomic E-state index is 12.7. The Morgan fingerprint density at radius 2 is 1.93 bits per heavy atom. The number of carbonyl (C=O) groups is 1. The zero-order chi connectivity index (χ0) is 20.7.